The van der Waals surface area contributed by atoms with Crippen molar-refractivity contribution in [3.63, 3.8) is 0 Å². The predicted molar refractivity (Wildman–Crippen MR) is 43.3 cm³/mol. The lowest BCUT2D eigenvalue weighted by Crippen LogP contribution is -2.30. The smallest absolute Gasteiger partial charge is 0.0639 e. The van der Waals surface area contributed by atoms with Crippen molar-refractivity contribution in [3.05, 3.63) is 0 Å². The minimum absolute atomic E-state index is 0.264. The van der Waals surface area contributed by atoms with Crippen LogP contribution in [0.4, 0.5) is 0 Å². The Morgan fingerprint density at radius 3 is 2.64 bits per heavy atom. The van der Waals surface area contributed by atoms with Crippen LogP contribution in [0.15, 0.2) is 0 Å². The van der Waals surface area contributed by atoms with Crippen molar-refractivity contribution in [2.45, 2.75) is 25.5 Å². The van der Waals surface area contributed by atoms with Gasteiger partial charge in [-0.2, -0.15) is 0 Å². The van der Waals surface area contributed by atoms with Gasteiger partial charge in [0, 0.05) is 19.2 Å². The van der Waals surface area contributed by atoms with Gasteiger partial charge in [0.1, 0.15) is 0 Å². The van der Waals surface area contributed by atoms with Crippen LogP contribution in [-0.2, 0) is 0 Å². The van der Waals surface area contributed by atoms with Crippen LogP contribution in [0, 0.1) is 5.92 Å². The summed E-state index contributed by atoms with van der Waals surface area (Å²) in [5.74, 6) is 0.457. The quantitative estimate of drug-likeness (QED) is 0.591. The second kappa shape index (κ2) is 3.52. The van der Waals surface area contributed by atoms with E-state index in [1.807, 2.05) is 7.05 Å². The molecule has 0 bridgehead atoms. The van der Waals surface area contributed by atoms with Crippen LogP contribution in [0.25, 0.3) is 0 Å². The lowest BCUT2D eigenvalue weighted by atomic mass is 10.3. The lowest BCUT2D eigenvalue weighted by molar-refractivity contribution is 0.131. The first kappa shape index (κ1) is 8.97. The molecule has 1 aliphatic carbocycles. The number of hydrogen-bond donors (Lipinski definition) is 2. The molecule has 0 aromatic carbocycles. The fourth-order valence-corrected chi connectivity index (χ4v) is 1.52. The van der Waals surface area contributed by atoms with E-state index in [0.717, 1.165) is 6.42 Å². The largest absolute Gasteiger partial charge is 0.396 e. The molecular formula is C8H17NO2. The summed E-state index contributed by atoms with van der Waals surface area (Å²) in [6.07, 6.45) is 0.819. The summed E-state index contributed by atoms with van der Waals surface area (Å²) >= 11 is 0. The Morgan fingerprint density at radius 2 is 2.27 bits per heavy atom. The van der Waals surface area contributed by atoms with Crippen molar-refractivity contribution in [2.75, 3.05) is 20.2 Å². The molecule has 1 aliphatic rings. The van der Waals surface area contributed by atoms with Crippen LogP contribution in [0.5, 0.6) is 0 Å². The highest BCUT2D eigenvalue weighted by Gasteiger charge is 2.39. The predicted octanol–water partition coefficient (Wildman–Crippen LogP) is -0.320. The fourth-order valence-electron chi connectivity index (χ4n) is 1.52. The molecular weight excluding hydrogens is 142 g/mol. The molecule has 1 fully saturated rings. The maximum atomic E-state index is 9.05. The Kier molecular flexibility index (Phi) is 2.87. The molecule has 3 nitrogen and oxygen atoms in total. The second-order valence-corrected chi connectivity index (χ2v) is 3.53. The van der Waals surface area contributed by atoms with Gasteiger partial charge in [-0.25, -0.2) is 0 Å². The Balaban J connectivity index is 2.17. The van der Waals surface area contributed by atoms with Gasteiger partial charge in [0.15, 0.2) is 0 Å². The molecule has 0 heterocycles. The lowest BCUT2D eigenvalue weighted by Gasteiger charge is -2.17. The molecule has 1 rings (SSSR count). The summed E-state index contributed by atoms with van der Waals surface area (Å²) in [5, 5.41) is 17.8. The summed E-state index contributed by atoms with van der Waals surface area (Å²) in [4.78, 5) is 2.12. The fraction of sp³-hybridized carbons (Fsp3) is 1.00. The van der Waals surface area contributed by atoms with Gasteiger partial charge in [0.25, 0.3) is 0 Å². The van der Waals surface area contributed by atoms with Gasteiger partial charge >= 0.3 is 0 Å². The molecule has 2 N–H and O–H groups in total. The molecule has 0 aliphatic heterocycles. The van der Waals surface area contributed by atoms with Crippen molar-refractivity contribution in [2.24, 2.45) is 5.92 Å². The third-order valence-electron chi connectivity index (χ3n) is 2.24. The highest BCUT2D eigenvalue weighted by Crippen LogP contribution is 2.34. The van der Waals surface area contributed by atoms with Crippen LogP contribution in [0.2, 0.25) is 0 Å². The van der Waals surface area contributed by atoms with Crippen LogP contribution in [-0.4, -0.2) is 47.5 Å². The van der Waals surface area contributed by atoms with Gasteiger partial charge in [-0.3, -0.25) is 0 Å². The second-order valence-electron chi connectivity index (χ2n) is 3.53. The summed E-state index contributed by atoms with van der Waals surface area (Å²) in [6.45, 7) is 2.78. The van der Waals surface area contributed by atoms with E-state index < -0.39 is 0 Å². The Bertz CT molecular complexity index is 127. The van der Waals surface area contributed by atoms with E-state index in [9.17, 15) is 0 Å². The molecule has 3 heteroatoms. The zero-order valence-corrected chi connectivity index (χ0v) is 7.20. The van der Waals surface area contributed by atoms with E-state index in [1.54, 1.807) is 6.92 Å². The molecule has 0 aromatic rings. The Morgan fingerprint density at radius 1 is 1.64 bits per heavy atom. The van der Waals surface area contributed by atoms with Crippen LogP contribution >= 0.6 is 0 Å². The zero-order valence-electron chi connectivity index (χ0n) is 7.20. The van der Waals surface area contributed by atoms with Gasteiger partial charge in [-0.05, 0) is 26.3 Å². The third-order valence-corrected chi connectivity index (χ3v) is 2.24. The number of hydrogen-bond acceptors (Lipinski definition) is 3. The van der Waals surface area contributed by atoms with Crippen LogP contribution < -0.4 is 0 Å². The number of rotatable bonds is 4. The van der Waals surface area contributed by atoms with E-state index >= 15 is 0 Å². The first-order chi connectivity index (χ1) is 5.15. The van der Waals surface area contributed by atoms with E-state index in [4.69, 9.17) is 10.2 Å². The summed E-state index contributed by atoms with van der Waals surface area (Å²) in [7, 11) is 1.99. The molecule has 3 atom stereocenters. The molecule has 1 saturated carbocycles. The maximum Gasteiger partial charge on any atom is 0.0639 e. The Hall–Kier alpha value is -0.120. The maximum absolute atomic E-state index is 9.05. The van der Waals surface area contributed by atoms with Gasteiger partial charge in [0.2, 0.25) is 0 Å². The van der Waals surface area contributed by atoms with Gasteiger partial charge in [0.05, 0.1) is 6.10 Å². The van der Waals surface area contributed by atoms with E-state index in [2.05, 4.69) is 4.90 Å². The van der Waals surface area contributed by atoms with Crippen molar-refractivity contribution in [3.8, 4) is 0 Å². The molecule has 0 amide bonds. The molecule has 0 aromatic heterocycles. The number of likely N-dealkylation sites (N-methyl/N-ethyl adjacent to an activating group) is 1. The van der Waals surface area contributed by atoms with Gasteiger partial charge < -0.3 is 15.1 Å². The van der Waals surface area contributed by atoms with Crippen molar-refractivity contribution < 1.29 is 10.2 Å². The van der Waals surface area contributed by atoms with Crippen molar-refractivity contribution >= 4 is 0 Å². The number of aliphatic hydroxyl groups is 2. The monoisotopic (exact) mass is 159 g/mol. The molecule has 66 valence electrons. The highest BCUT2D eigenvalue weighted by molar-refractivity contribution is 4.93. The summed E-state index contributed by atoms with van der Waals surface area (Å²) in [5.41, 5.74) is 0. The normalized spacial score (nSPS) is 32.5. The minimum Gasteiger partial charge on any atom is -0.396 e. The SMILES string of the molecule is CC(O)CN(C)C1CC1CO. The summed E-state index contributed by atoms with van der Waals surface area (Å²) < 4.78 is 0. The first-order valence-corrected chi connectivity index (χ1v) is 4.14. The third kappa shape index (κ3) is 2.43. The molecule has 0 saturated heterocycles. The average Bonchev–Trinajstić information content (AvgIpc) is 2.63. The molecule has 11 heavy (non-hydrogen) atoms. The van der Waals surface area contributed by atoms with E-state index in [1.165, 1.54) is 0 Å². The number of nitrogens with zero attached hydrogens (tertiary/aromatic N) is 1. The first-order valence-electron chi connectivity index (χ1n) is 4.14. The average molecular weight is 159 g/mol. The highest BCUT2D eigenvalue weighted by atomic mass is 16.3. The van der Waals surface area contributed by atoms with Crippen LogP contribution in [0.3, 0.4) is 0 Å². The standard InChI is InChI=1S/C8H17NO2/c1-6(11)4-9(2)8-3-7(8)5-10/h6-8,10-11H,3-5H2,1-2H3. The van der Waals surface area contributed by atoms with Crippen molar-refractivity contribution in [1.82, 2.24) is 4.90 Å². The zero-order chi connectivity index (χ0) is 8.43. The topological polar surface area (TPSA) is 43.7 Å². The molecule has 3 unspecified atom stereocenters. The Labute approximate surface area is 67.6 Å². The molecule has 0 radical (unpaired) electrons. The van der Waals surface area contributed by atoms with Gasteiger partial charge in [-0.15, -0.1) is 0 Å². The summed E-state index contributed by atoms with van der Waals surface area (Å²) in [6, 6.07) is 0.509. The van der Waals surface area contributed by atoms with Crippen LogP contribution in [0.1, 0.15) is 13.3 Å². The minimum atomic E-state index is -0.264. The van der Waals surface area contributed by atoms with E-state index in [-0.39, 0.29) is 12.7 Å². The number of aliphatic hydroxyl groups excluding tert-OH is 2. The van der Waals surface area contributed by atoms with Crippen molar-refractivity contribution in [1.29, 1.82) is 0 Å². The van der Waals surface area contributed by atoms with Gasteiger partial charge in [-0.1, -0.05) is 0 Å². The molecule has 0 spiro atoms. The van der Waals surface area contributed by atoms with E-state index in [0.29, 0.717) is 18.5 Å².